The molecule has 0 saturated heterocycles. The molecule has 25 heavy (non-hydrogen) atoms. The number of anilines is 1. The lowest BCUT2D eigenvalue weighted by atomic mass is 10.3. The third-order valence-corrected chi connectivity index (χ3v) is 5.35. The monoisotopic (exact) mass is 376 g/mol. The molecule has 0 spiro atoms. The molecule has 0 aliphatic heterocycles. The molecule has 3 aromatic rings. The number of halogens is 1. The van der Waals surface area contributed by atoms with E-state index in [-0.39, 0.29) is 17.3 Å². The van der Waals surface area contributed by atoms with Crippen LogP contribution in [0.1, 0.15) is 17.6 Å². The Morgan fingerprint density at radius 3 is 2.84 bits per heavy atom. The van der Waals surface area contributed by atoms with Gasteiger partial charge in [-0.1, -0.05) is 30.0 Å². The molecule has 3 rings (SSSR count). The number of hydrogen-bond donors (Lipinski definition) is 1. The Morgan fingerprint density at radius 2 is 2.12 bits per heavy atom. The summed E-state index contributed by atoms with van der Waals surface area (Å²) < 4.78 is 15.6. The molecule has 0 bridgehead atoms. The Labute approximate surface area is 153 Å². The minimum absolute atomic E-state index is 0.144. The highest BCUT2D eigenvalue weighted by atomic mass is 32.2. The summed E-state index contributed by atoms with van der Waals surface area (Å²) in [4.78, 5) is 13.3. The fourth-order valence-corrected chi connectivity index (χ4v) is 3.84. The van der Waals surface area contributed by atoms with Gasteiger partial charge in [-0.15, -0.1) is 21.5 Å². The minimum atomic E-state index is -0.448. The average molecular weight is 376 g/mol. The summed E-state index contributed by atoms with van der Waals surface area (Å²) in [5.41, 5.74) is 0.184. The number of thioether (sulfide) groups is 1. The van der Waals surface area contributed by atoms with Gasteiger partial charge in [0.2, 0.25) is 5.91 Å². The minimum Gasteiger partial charge on any atom is -0.323 e. The van der Waals surface area contributed by atoms with Crippen LogP contribution in [0.5, 0.6) is 0 Å². The van der Waals surface area contributed by atoms with Crippen molar-refractivity contribution in [2.75, 3.05) is 11.1 Å². The predicted molar refractivity (Wildman–Crippen MR) is 98.6 cm³/mol. The van der Waals surface area contributed by atoms with E-state index in [9.17, 15) is 9.18 Å². The smallest absolute Gasteiger partial charge is 0.234 e. The van der Waals surface area contributed by atoms with E-state index in [1.807, 2.05) is 22.9 Å². The zero-order valence-corrected chi connectivity index (χ0v) is 15.2. The maximum absolute atomic E-state index is 13.6. The fourth-order valence-electron chi connectivity index (χ4n) is 2.32. The van der Waals surface area contributed by atoms with Crippen LogP contribution in [-0.2, 0) is 17.8 Å². The zero-order valence-electron chi connectivity index (χ0n) is 13.6. The maximum Gasteiger partial charge on any atom is 0.234 e. The number of amides is 1. The van der Waals surface area contributed by atoms with E-state index in [0.29, 0.717) is 5.16 Å². The molecule has 0 aliphatic rings. The lowest BCUT2D eigenvalue weighted by Gasteiger charge is -2.08. The van der Waals surface area contributed by atoms with Gasteiger partial charge < -0.3 is 9.88 Å². The van der Waals surface area contributed by atoms with Crippen molar-refractivity contribution in [2.45, 2.75) is 25.0 Å². The Kier molecular flexibility index (Phi) is 5.83. The topological polar surface area (TPSA) is 59.8 Å². The number of aromatic nitrogens is 3. The van der Waals surface area contributed by atoms with Gasteiger partial charge in [0.1, 0.15) is 11.6 Å². The summed E-state index contributed by atoms with van der Waals surface area (Å²) in [6.07, 6.45) is 0.723. The second kappa shape index (κ2) is 8.26. The highest BCUT2D eigenvalue weighted by molar-refractivity contribution is 7.99. The van der Waals surface area contributed by atoms with Gasteiger partial charge in [-0.2, -0.15) is 0 Å². The number of para-hydroxylation sites is 1. The Bertz CT molecular complexity index is 848. The van der Waals surface area contributed by atoms with E-state index < -0.39 is 5.82 Å². The van der Waals surface area contributed by atoms with Gasteiger partial charge in [-0.25, -0.2) is 4.39 Å². The van der Waals surface area contributed by atoms with Gasteiger partial charge in [0, 0.05) is 17.8 Å². The van der Waals surface area contributed by atoms with Gasteiger partial charge in [-0.3, -0.25) is 4.79 Å². The number of carbonyl (C=O) groups is 1. The summed E-state index contributed by atoms with van der Waals surface area (Å²) >= 11 is 2.98. The normalized spacial score (nSPS) is 10.8. The van der Waals surface area contributed by atoms with Crippen LogP contribution in [0.3, 0.4) is 0 Å². The van der Waals surface area contributed by atoms with Crippen molar-refractivity contribution in [1.29, 1.82) is 0 Å². The second-order valence-corrected chi connectivity index (χ2v) is 7.19. The van der Waals surface area contributed by atoms with Crippen LogP contribution >= 0.6 is 23.1 Å². The molecule has 0 radical (unpaired) electrons. The van der Waals surface area contributed by atoms with Crippen LogP contribution in [0.15, 0.2) is 46.9 Å². The van der Waals surface area contributed by atoms with Crippen LogP contribution in [0.2, 0.25) is 0 Å². The quantitative estimate of drug-likeness (QED) is 0.637. The van der Waals surface area contributed by atoms with Gasteiger partial charge in [0.15, 0.2) is 5.16 Å². The summed E-state index contributed by atoms with van der Waals surface area (Å²) in [6.45, 7) is 2.75. The molecule has 0 aliphatic carbocycles. The van der Waals surface area contributed by atoms with Crippen LogP contribution in [-0.4, -0.2) is 26.4 Å². The molecule has 0 atom stereocenters. The lowest BCUT2D eigenvalue weighted by molar-refractivity contribution is -0.113. The van der Waals surface area contributed by atoms with Crippen molar-refractivity contribution >= 4 is 34.7 Å². The molecule has 5 nitrogen and oxygen atoms in total. The molecule has 8 heteroatoms. The summed E-state index contributed by atoms with van der Waals surface area (Å²) in [5.74, 6) is 0.296. The largest absolute Gasteiger partial charge is 0.323 e. The van der Waals surface area contributed by atoms with Gasteiger partial charge in [0.25, 0.3) is 0 Å². The standard InChI is InChI=1S/C17H17FN4OS2/c1-2-22-15(10-12-6-5-9-24-12)20-21-17(22)25-11-16(23)19-14-8-4-3-7-13(14)18/h3-9H,2,10-11H2,1H3,(H,19,23). The summed E-state index contributed by atoms with van der Waals surface area (Å²) in [7, 11) is 0. The molecule has 1 amide bonds. The number of benzene rings is 1. The van der Waals surface area contributed by atoms with E-state index in [1.54, 1.807) is 23.5 Å². The molecule has 0 fully saturated rings. The van der Waals surface area contributed by atoms with Gasteiger partial charge in [-0.05, 0) is 30.5 Å². The van der Waals surface area contributed by atoms with Crippen molar-refractivity contribution < 1.29 is 9.18 Å². The first kappa shape index (κ1) is 17.6. The molecule has 0 unspecified atom stereocenters. The van der Waals surface area contributed by atoms with Crippen molar-refractivity contribution in [3.8, 4) is 0 Å². The number of nitrogens with one attached hydrogen (secondary N) is 1. The van der Waals surface area contributed by atoms with Crippen LogP contribution < -0.4 is 5.32 Å². The van der Waals surface area contributed by atoms with Crippen molar-refractivity contribution in [2.24, 2.45) is 0 Å². The van der Waals surface area contributed by atoms with Crippen molar-refractivity contribution in [1.82, 2.24) is 14.8 Å². The number of hydrogen-bond acceptors (Lipinski definition) is 5. The van der Waals surface area contributed by atoms with Crippen LogP contribution in [0, 0.1) is 5.82 Å². The van der Waals surface area contributed by atoms with Gasteiger partial charge >= 0.3 is 0 Å². The van der Waals surface area contributed by atoms with Gasteiger partial charge in [0.05, 0.1) is 11.4 Å². The average Bonchev–Trinajstić information content (AvgIpc) is 3.25. The first-order chi connectivity index (χ1) is 12.2. The number of nitrogens with zero attached hydrogens (tertiary/aromatic N) is 3. The zero-order chi connectivity index (χ0) is 17.6. The first-order valence-electron chi connectivity index (χ1n) is 7.79. The Hall–Kier alpha value is -2.19. The molecular formula is C17H17FN4OS2. The van der Waals surface area contributed by atoms with E-state index in [4.69, 9.17) is 0 Å². The van der Waals surface area contributed by atoms with Crippen molar-refractivity contribution in [3.63, 3.8) is 0 Å². The van der Waals surface area contributed by atoms with E-state index in [2.05, 4.69) is 21.6 Å². The predicted octanol–water partition coefficient (Wildman–Crippen LogP) is 3.82. The lowest BCUT2D eigenvalue weighted by Crippen LogP contribution is -2.15. The van der Waals surface area contributed by atoms with E-state index in [1.165, 1.54) is 28.8 Å². The highest BCUT2D eigenvalue weighted by Crippen LogP contribution is 2.21. The first-order valence-corrected chi connectivity index (χ1v) is 9.65. The van der Waals surface area contributed by atoms with E-state index in [0.717, 1.165) is 18.8 Å². The number of carbonyl (C=O) groups excluding carboxylic acids is 1. The van der Waals surface area contributed by atoms with Crippen LogP contribution in [0.4, 0.5) is 10.1 Å². The molecule has 1 aromatic carbocycles. The molecule has 2 aromatic heterocycles. The molecule has 0 saturated carbocycles. The fraction of sp³-hybridized carbons (Fsp3) is 0.235. The molecule has 130 valence electrons. The Morgan fingerprint density at radius 1 is 1.28 bits per heavy atom. The Balaban J connectivity index is 1.62. The molecular weight excluding hydrogens is 359 g/mol. The third-order valence-electron chi connectivity index (χ3n) is 3.50. The molecule has 1 N–H and O–H groups in total. The van der Waals surface area contributed by atoms with Crippen LogP contribution in [0.25, 0.3) is 0 Å². The summed E-state index contributed by atoms with van der Waals surface area (Å²) in [6, 6.07) is 10.2. The van der Waals surface area contributed by atoms with E-state index >= 15 is 0 Å². The number of rotatable bonds is 7. The third kappa shape index (κ3) is 4.46. The highest BCUT2D eigenvalue weighted by Gasteiger charge is 2.14. The maximum atomic E-state index is 13.6. The molecule has 2 heterocycles. The number of thiophene rings is 1. The summed E-state index contributed by atoms with van der Waals surface area (Å²) in [5, 5.41) is 13.7. The SMILES string of the molecule is CCn1c(Cc2cccs2)nnc1SCC(=O)Nc1ccccc1F. The second-order valence-electron chi connectivity index (χ2n) is 5.22. The van der Waals surface area contributed by atoms with Crippen molar-refractivity contribution in [3.05, 3.63) is 58.3 Å².